The van der Waals surface area contributed by atoms with E-state index in [1.54, 1.807) is 19.2 Å². The van der Waals surface area contributed by atoms with Crippen LogP contribution in [0.3, 0.4) is 0 Å². The first-order valence-corrected chi connectivity index (χ1v) is 8.48. The number of halogens is 2. The van der Waals surface area contributed by atoms with E-state index in [2.05, 4.69) is 4.90 Å². The summed E-state index contributed by atoms with van der Waals surface area (Å²) < 4.78 is 5.18. The number of carbonyl (C=O) groups is 1. The summed E-state index contributed by atoms with van der Waals surface area (Å²) in [6.45, 7) is 2.79. The number of nitrogens with zero attached hydrogens (tertiary/aromatic N) is 2. The van der Waals surface area contributed by atoms with E-state index in [-0.39, 0.29) is 5.91 Å². The van der Waals surface area contributed by atoms with Crippen molar-refractivity contribution in [2.75, 3.05) is 38.2 Å². The van der Waals surface area contributed by atoms with Crippen molar-refractivity contribution in [1.29, 1.82) is 0 Å². The van der Waals surface area contributed by atoms with Gasteiger partial charge in [-0.05, 0) is 30.3 Å². The Labute approximate surface area is 151 Å². The number of methoxy groups -OCH3 is 1. The predicted molar refractivity (Wildman–Crippen MR) is 97.6 cm³/mol. The largest absolute Gasteiger partial charge is 0.495 e. The number of amides is 1. The molecule has 0 atom stereocenters. The van der Waals surface area contributed by atoms with E-state index >= 15 is 0 Å². The first-order chi connectivity index (χ1) is 11.6. The third-order valence-corrected chi connectivity index (χ3v) is 4.80. The van der Waals surface area contributed by atoms with E-state index < -0.39 is 0 Å². The lowest BCUT2D eigenvalue weighted by Gasteiger charge is -2.36. The van der Waals surface area contributed by atoms with Gasteiger partial charge in [-0.3, -0.25) is 4.79 Å². The first-order valence-electron chi connectivity index (χ1n) is 7.72. The molecule has 1 aliphatic rings. The minimum absolute atomic E-state index is 0.0204. The van der Waals surface area contributed by atoms with Gasteiger partial charge in [0.2, 0.25) is 0 Å². The lowest BCUT2D eigenvalue weighted by molar-refractivity contribution is 0.0747. The second-order valence-electron chi connectivity index (χ2n) is 5.58. The van der Waals surface area contributed by atoms with E-state index in [0.29, 0.717) is 34.4 Å². The van der Waals surface area contributed by atoms with Crippen LogP contribution in [0, 0.1) is 0 Å². The molecule has 2 aromatic rings. The van der Waals surface area contributed by atoms with Gasteiger partial charge >= 0.3 is 0 Å². The second kappa shape index (κ2) is 7.32. The van der Waals surface area contributed by atoms with Crippen LogP contribution in [0.4, 0.5) is 5.69 Å². The van der Waals surface area contributed by atoms with Crippen molar-refractivity contribution < 1.29 is 9.53 Å². The van der Waals surface area contributed by atoms with Gasteiger partial charge in [0, 0.05) is 31.9 Å². The van der Waals surface area contributed by atoms with Gasteiger partial charge in [-0.1, -0.05) is 35.3 Å². The summed E-state index contributed by atoms with van der Waals surface area (Å²) in [5.74, 6) is 0.640. The fourth-order valence-corrected chi connectivity index (χ4v) is 3.29. The maximum atomic E-state index is 12.6. The second-order valence-corrected chi connectivity index (χ2v) is 6.39. The molecule has 0 radical (unpaired) electrons. The van der Waals surface area contributed by atoms with Crippen LogP contribution in [0.15, 0.2) is 42.5 Å². The van der Waals surface area contributed by atoms with E-state index in [9.17, 15) is 4.79 Å². The molecule has 6 heteroatoms. The Kier molecular flexibility index (Phi) is 5.17. The quantitative estimate of drug-likeness (QED) is 0.825. The van der Waals surface area contributed by atoms with Crippen LogP contribution in [-0.4, -0.2) is 44.1 Å². The normalized spacial score (nSPS) is 14.6. The molecule has 1 amide bonds. The average molecular weight is 365 g/mol. The Bertz CT molecular complexity index is 744. The summed E-state index contributed by atoms with van der Waals surface area (Å²) in [7, 11) is 1.60. The standard InChI is InChI=1S/C18H18Cl2N2O2/c1-24-17-7-6-13(12-16(17)20)21-8-10-22(11-9-21)18(23)14-4-2-3-5-15(14)19/h2-7,12H,8-11H2,1H3. The third kappa shape index (κ3) is 3.45. The maximum Gasteiger partial charge on any atom is 0.255 e. The predicted octanol–water partition coefficient (Wildman–Crippen LogP) is 3.96. The van der Waals surface area contributed by atoms with Gasteiger partial charge < -0.3 is 14.5 Å². The zero-order valence-electron chi connectivity index (χ0n) is 13.3. The van der Waals surface area contributed by atoms with Crippen molar-refractivity contribution in [1.82, 2.24) is 4.90 Å². The fourth-order valence-electron chi connectivity index (χ4n) is 2.82. The van der Waals surface area contributed by atoms with Crippen LogP contribution in [0.2, 0.25) is 10.0 Å². The number of ether oxygens (including phenoxy) is 1. The number of piperazine rings is 1. The Hall–Kier alpha value is -1.91. The van der Waals surface area contributed by atoms with Crippen LogP contribution in [0.25, 0.3) is 0 Å². The first kappa shape index (κ1) is 16.9. The SMILES string of the molecule is COc1ccc(N2CCN(C(=O)c3ccccc3Cl)CC2)cc1Cl. The highest BCUT2D eigenvalue weighted by molar-refractivity contribution is 6.33. The molecular weight excluding hydrogens is 347 g/mol. The number of anilines is 1. The van der Waals surface area contributed by atoms with Gasteiger partial charge in [0.15, 0.2) is 0 Å². The molecule has 0 spiro atoms. The van der Waals surface area contributed by atoms with Gasteiger partial charge in [-0.15, -0.1) is 0 Å². The number of carbonyl (C=O) groups excluding carboxylic acids is 1. The summed E-state index contributed by atoms with van der Waals surface area (Å²) in [5.41, 5.74) is 1.59. The highest BCUT2D eigenvalue weighted by Gasteiger charge is 2.23. The Morgan fingerprint density at radius 2 is 1.71 bits per heavy atom. The summed E-state index contributed by atoms with van der Waals surface area (Å²) in [6.07, 6.45) is 0. The molecule has 1 fully saturated rings. The highest BCUT2D eigenvalue weighted by atomic mass is 35.5. The number of rotatable bonds is 3. The zero-order valence-corrected chi connectivity index (χ0v) is 14.8. The van der Waals surface area contributed by atoms with Crippen molar-refractivity contribution in [2.24, 2.45) is 0 Å². The van der Waals surface area contributed by atoms with Crippen LogP contribution >= 0.6 is 23.2 Å². The molecule has 0 bridgehead atoms. The molecule has 4 nitrogen and oxygen atoms in total. The summed E-state index contributed by atoms with van der Waals surface area (Å²) >= 11 is 12.3. The van der Waals surface area contributed by atoms with Gasteiger partial charge in [0.1, 0.15) is 5.75 Å². The van der Waals surface area contributed by atoms with Crippen LogP contribution in [0.1, 0.15) is 10.4 Å². The molecule has 1 heterocycles. The van der Waals surface area contributed by atoms with E-state index in [1.807, 2.05) is 35.2 Å². The maximum absolute atomic E-state index is 12.6. The summed E-state index contributed by atoms with van der Waals surface area (Å²) in [4.78, 5) is 16.6. The molecule has 2 aromatic carbocycles. The minimum atomic E-state index is -0.0204. The molecule has 126 valence electrons. The molecule has 0 saturated carbocycles. The molecule has 24 heavy (non-hydrogen) atoms. The molecule has 0 N–H and O–H groups in total. The molecule has 0 unspecified atom stereocenters. The van der Waals surface area contributed by atoms with Crippen molar-refractivity contribution >= 4 is 34.8 Å². The number of hydrogen-bond acceptors (Lipinski definition) is 3. The van der Waals surface area contributed by atoms with Crippen LogP contribution < -0.4 is 9.64 Å². The highest BCUT2D eigenvalue weighted by Crippen LogP contribution is 2.29. The molecule has 3 rings (SSSR count). The monoisotopic (exact) mass is 364 g/mol. The van der Waals surface area contributed by atoms with Gasteiger partial charge in [0.05, 0.1) is 22.7 Å². The summed E-state index contributed by atoms with van der Waals surface area (Å²) in [5, 5.41) is 1.08. The van der Waals surface area contributed by atoms with Gasteiger partial charge in [-0.25, -0.2) is 0 Å². The zero-order chi connectivity index (χ0) is 17.1. The van der Waals surface area contributed by atoms with Crippen LogP contribution in [0.5, 0.6) is 5.75 Å². The fraction of sp³-hybridized carbons (Fsp3) is 0.278. The third-order valence-electron chi connectivity index (χ3n) is 4.17. The Balaban J connectivity index is 1.66. The molecule has 1 saturated heterocycles. The minimum Gasteiger partial charge on any atom is -0.495 e. The van der Waals surface area contributed by atoms with Crippen molar-refractivity contribution in [3.63, 3.8) is 0 Å². The lowest BCUT2D eigenvalue weighted by Crippen LogP contribution is -2.48. The topological polar surface area (TPSA) is 32.8 Å². The molecule has 1 aliphatic heterocycles. The van der Waals surface area contributed by atoms with Crippen molar-refractivity contribution in [2.45, 2.75) is 0 Å². The van der Waals surface area contributed by atoms with Crippen molar-refractivity contribution in [3.05, 3.63) is 58.1 Å². The molecule has 0 aromatic heterocycles. The Morgan fingerprint density at radius 1 is 1.00 bits per heavy atom. The van der Waals surface area contributed by atoms with Gasteiger partial charge in [-0.2, -0.15) is 0 Å². The van der Waals surface area contributed by atoms with E-state index in [1.165, 1.54) is 0 Å². The van der Waals surface area contributed by atoms with Crippen LogP contribution in [-0.2, 0) is 0 Å². The van der Waals surface area contributed by atoms with Crippen molar-refractivity contribution in [3.8, 4) is 5.75 Å². The number of benzene rings is 2. The Morgan fingerprint density at radius 3 is 2.33 bits per heavy atom. The molecule has 0 aliphatic carbocycles. The van der Waals surface area contributed by atoms with E-state index in [4.69, 9.17) is 27.9 Å². The average Bonchev–Trinajstić information content (AvgIpc) is 2.61. The lowest BCUT2D eigenvalue weighted by atomic mass is 10.1. The number of hydrogen-bond donors (Lipinski definition) is 0. The smallest absolute Gasteiger partial charge is 0.255 e. The molecular formula is C18H18Cl2N2O2. The van der Waals surface area contributed by atoms with Gasteiger partial charge in [0.25, 0.3) is 5.91 Å². The summed E-state index contributed by atoms with van der Waals surface area (Å²) in [6, 6.07) is 12.9. The van der Waals surface area contributed by atoms with E-state index in [0.717, 1.165) is 18.8 Å².